The summed E-state index contributed by atoms with van der Waals surface area (Å²) in [7, 11) is -4.17. The first-order valence-corrected chi connectivity index (χ1v) is 5.61. The Balaban J connectivity index is -0.000000980. The van der Waals surface area contributed by atoms with Crippen LogP contribution in [0.1, 0.15) is 1.43 Å². The number of rotatable bonds is 7. The van der Waals surface area contributed by atoms with Gasteiger partial charge in [0.25, 0.3) is 10.1 Å². The van der Waals surface area contributed by atoms with Crippen molar-refractivity contribution in [3.05, 3.63) is 11.5 Å². The third kappa shape index (κ3) is 7.71. The van der Waals surface area contributed by atoms with Crippen LogP contribution in [0.5, 0.6) is 0 Å². The molecule has 0 unspecified atom stereocenters. The first kappa shape index (κ1) is 18.8. The van der Waals surface area contributed by atoms with Gasteiger partial charge in [-0.05, 0) is 0 Å². The SMILES string of the molecule is O=S(=O)(O)/C=C\CNC(CO)(CO)CO.[H-].[Na+]. The van der Waals surface area contributed by atoms with Gasteiger partial charge in [0.15, 0.2) is 0 Å². The van der Waals surface area contributed by atoms with Crippen molar-refractivity contribution in [1.82, 2.24) is 5.32 Å². The minimum absolute atomic E-state index is 0. The molecule has 0 atom stereocenters. The van der Waals surface area contributed by atoms with E-state index >= 15 is 0 Å². The van der Waals surface area contributed by atoms with Gasteiger partial charge in [-0.15, -0.1) is 0 Å². The molecule has 0 aliphatic carbocycles. The summed E-state index contributed by atoms with van der Waals surface area (Å²) < 4.78 is 28.8. The first-order chi connectivity index (χ1) is 6.89. The van der Waals surface area contributed by atoms with Crippen LogP contribution >= 0.6 is 0 Å². The normalized spacial score (nSPS) is 12.8. The quantitative estimate of drug-likeness (QED) is 0.230. The summed E-state index contributed by atoms with van der Waals surface area (Å²) in [5.41, 5.74) is -1.26. The van der Waals surface area contributed by atoms with Gasteiger partial charge in [-0.2, -0.15) is 8.42 Å². The monoisotopic (exact) mass is 265 g/mol. The first-order valence-electron chi connectivity index (χ1n) is 4.11. The van der Waals surface area contributed by atoms with Gasteiger partial charge >= 0.3 is 29.6 Å². The van der Waals surface area contributed by atoms with E-state index < -0.39 is 35.5 Å². The van der Waals surface area contributed by atoms with Crippen LogP contribution in [0.4, 0.5) is 0 Å². The Kier molecular flexibility index (Phi) is 10.1. The van der Waals surface area contributed by atoms with Crippen LogP contribution in [0.15, 0.2) is 11.5 Å². The fourth-order valence-electron chi connectivity index (χ4n) is 0.763. The Labute approximate surface area is 118 Å². The maximum Gasteiger partial charge on any atom is 1.00 e. The minimum atomic E-state index is -4.17. The van der Waals surface area contributed by atoms with Crippen molar-refractivity contribution in [1.29, 1.82) is 0 Å². The Hall–Kier alpha value is 0.490. The molecule has 5 N–H and O–H groups in total. The van der Waals surface area contributed by atoms with Gasteiger partial charge in [0.2, 0.25) is 0 Å². The summed E-state index contributed by atoms with van der Waals surface area (Å²) in [5.74, 6) is 0. The maximum atomic E-state index is 10.3. The fraction of sp³-hybridized carbons (Fsp3) is 0.714. The van der Waals surface area contributed by atoms with E-state index in [1.165, 1.54) is 0 Å². The zero-order valence-corrected chi connectivity index (χ0v) is 11.8. The average Bonchev–Trinajstić information content (AvgIpc) is 2.18. The van der Waals surface area contributed by atoms with Gasteiger partial charge < -0.3 is 22.1 Å². The molecule has 0 aromatic heterocycles. The third-order valence-corrected chi connectivity index (χ3v) is 2.31. The zero-order chi connectivity index (χ0) is 11.9. The van der Waals surface area contributed by atoms with E-state index in [0.29, 0.717) is 5.41 Å². The Bertz CT molecular complexity index is 297. The summed E-state index contributed by atoms with van der Waals surface area (Å²) in [6, 6.07) is 0. The topological polar surface area (TPSA) is 127 Å². The standard InChI is InChI=1S/C7H15NO6S.Na.H/c9-4-7(5-10,6-11)8-2-1-3-15(12,13)14;;/h1,3,8-11H,2,4-6H2,(H,12,13,14);;/q;+1;-1/b3-1-;;. The molecule has 0 saturated carbocycles. The van der Waals surface area contributed by atoms with Crippen LogP contribution in [0.25, 0.3) is 0 Å². The van der Waals surface area contributed by atoms with Crippen LogP contribution < -0.4 is 34.9 Å². The summed E-state index contributed by atoms with van der Waals surface area (Å²) in [6.07, 6.45) is 1.09. The molecule has 0 bridgehead atoms. The summed E-state index contributed by atoms with van der Waals surface area (Å²) in [6.45, 7) is -1.53. The largest absolute Gasteiger partial charge is 1.00 e. The maximum absolute atomic E-state index is 10.3. The molecular formula is C7H16NNaO6S. The Morgan fingerprint density at radius 2 is 1.62 bits per heavy atom. The zero-order valence-electron chi connectivity index (χ0n) is 10.00. The van der Waals surface area contributed by atoms with Gasteiger partial charge in [0.1, 0.15) is 0 Å². The summed E-state index contributed by atoms with van der Waals surface area (Å²) in [5, 5.41) is 29.7. The van der Waals surface area contributed by atoms with E-state index in [4.69, 9.17) is 19.9 Å². The van der Waals surface area contributed by atoms with E-state index in [1.807, 2.05) is 0 Å². The number of aliphatic hydroxyl groups is 3. The Morgan fingerprint density at radius 3 is 1.94 bits per heavy atom. The van der Waals surface area contributed by atoms with Crippen molar-refractivity contribution in [2.24, 2.45) is 0 Å². The number of hydrogen-bond acceptors (Lipinski definition) is 6. The molecule has 0 aromatic carbocycles. The molecule has 0 heterocycles. The molecule has 0 rings (SSSR count). The van der Waals surface area contributed by atoms with Gasteiger partial charge in [0, 0.05) is 6.54 Å². The van der Waals surface area contributed by atoms with Gasteiger partial charge in [-0.3, -0.25) is 4.55 Å². The van der Waals surface area contributed by atoms with E-state index in [1.54, 1.807) is 0 Å². The third-order valence-electron chi connectivity index (χ3n) is 1.77. The summed E-state index contributed by atoms with van der Waals surface area (Å²) in [4.78, 5) is 0. The predicted octanol–water partition coefficient (Wildman–Crippen LogP) is -5.19. The van der Waals surface area contributed by atoms with Crippen molar-refractivity contribution in [2.45, 2.75) is 5.54 Å². The molecule has 0 aliphatic rings. The molecule has 16 heavy (non-hydrogen) atoms. The number of aliphatic hydroxyl groups excluding tert-OH is 3. The van der Waals surface area contributed by atoms with Crippen molar-refractivity contribution < 1.29 is 59.3 Å². The molecule has 7 nitrogen and oxygen atoms in total. The van der Waals surface area contributed by atoms with Crippen LogP contribution in [-0.2, 0) is 10.1 Å². The van der Waals surface area contributed by atoms with Gasteiger partial charge in [-0.25, -0.2) is 0 Å². The number of hydrogen-bond donors (Lipinski definition) is 5. The Morgan fingerprint density at radius 1 is 1.19 bits per heavy atom. The van der Waals surface area contributed by atoms with Crippen LogP contribution in [0.2, 0.25) is 0 Å². The molecule has 9 heteroatoms. The molecule has 0 fully saturated rings. The predicted molar refractivity (Wildman–Crippen MR) is 53.8 cm³/mol. The van der Waals surface area contributed by atoms with Gasteiger partial charge in [-0.1, -0.05) is 6.08 Å². The molecule has 0 aromatic rings. The van der Waals surface area contributed by atoms with Crippen LogP contribution in [-0.4, -0.2) is 60.2 Å². The van der Waals surface area contributed by atoms with Crippen LogP contribution in [0, 0.1) is 0 Å². The number of nitrogens with one attached hydrogen (secondary N) is 1. The van der Waals surface area contributed by atoms with Gasteiger partial charge in [0.05, 0.1) is 30.8 Å². The second-order valence-corrected chi connectivity index (χ2v) is 4.32. The van der Waals surface area contributed by atoms with Crippen molar-refractivity contribution in [3.63, 3.8) is 0 Å². The van der Waals surface area contributed by atoms with E-state index in [-0.39, 0.29) is 37.5 Å². The average molecular weight is 265 g/mol. The smallest absolute Gasteiger partial charge is 1.00 e. The van der Waals surface area contributed by atoms with Crippen molar-refractivity contribution in [3.8, 4) is 0 Å². The van der Waals surface area contributed by atoms with Crippen molar-refractivity contribution in [2.75, 3.05) is 26.4 Å². The second-order valence-electron chi connectivity index (χ2n) is 3.02. The van der Waals surface area contributed by atoms with E-state index in [0.717, 1.165) is 6.08 Å². The fourth-order valence-corrected chi connectivity index (χ4v) is 1.10. The molecule has 0 aliphatic heterocycles. The molecular weight excluding hydrogens is 249 g/mol. The summed E-state index contributed by atoms with van der Waals surface area (Å²) >= 11 is 0. The molecule has 0 saturated heterocycles. The second kappa shape index (κ2) is 8.56. The molecule has 0 spiro atoms. The molecule has 0 radical (unpaired) electrons. The molecule has 92 valence electrons. The van der Waals surface area contributed by atoms with E-state index in [2.05, 4.69) is 5.32 Å². The van der Waals surface area contributed by atoms with Crippen LogP contribution in [0.3, 0.4) is 0 Å². The van der Waals surface area contributed by atoms with Crippen molar-refractivity contribution >= 4 is 10.1 Å². The van der Waals surface area contributed by atoms with E-state index in [9.17, 15) is 8.42 Å². The minimum Gasteiger partial charge on any atom is -1.00 e. The molecule has 0 amide bonds.